The van der Waals surface area contributed by atoms with E-state index in [-0.39, 0.29) is 18.5 Å². The van der Waals surface area contributed by atoms with Crippen molar-refractivity contribution in [3.63, 3.8) is 0 Å². The maximum atomic E-state index is 11.7. The molecular weight excluding hydrogens is 212 g/mol. The van der Waals surface area contributed by atoms with Gasteiger partial charge in [-0.05, 0) is 31.4 Å². The zero-order valence-electron chi connectivity index (χ0n) is 8.41. The Labute approximate surface area is 94.2 Å². The van der Waals surface area contributed by atoms with Gasteiger partial charge >= 0.3 is 0 Å². The smallest absolute Gasteiger partial charge is 0.189 e. The molecule has 0 radical (unpaired) electrons. The topological polar surface area (TPSA) is 26.3 Å². The van der Waals surface area contributed by atoms with Crippen LogP contribution in [0.5, 0.6) is 0 Å². The first-order valence-electron chi connectivity index (χ1n) is 5.16. The Hall–Kier alpha value is -0.860. The highest BCUT2D eigenvalue weighted by Gasteiger charge is 2.19. The van der Waals surface area contributed by atoms with E-state index in [9.17, 15) is 4.79 Å². The third kappa shape index (κ3) is 2.58. The first-order valence-corrected chi connectivity index (χ1v) is 5.54. The summed E-state index contributed by atoms with van der Waals surface area (Å²) in [6.45, 7) is 0.147. The molecule has 15 heavy (non-hydrogen) atoms. The Bertz CT molecular complexity index is 358. The van der Waals surface area contributed by atoms with Gasteiger partial charge in [-0.1, -0.05) is 23.7 Å². The lowest BCUT2D eigenvalue weighted by atomic mass is 9.96. The summed E-state index contributed by atoms with van der Waals surface area (Å²) in [7, 11) is 0. The van der Waals surface area contributed by atoms with Gasteiger partial charge in [0.2, 0.25) is 0 Å². The van der Waals surface area contributed by atoms with Crippen LogP contribution in [0.25, 0.3) is 0 Å². The van der Waals surface area contributed by atoms with E-state index in [0.29, 0.717) is 10.6 Å². The fourth-order valence-corrected chi connectivity index (χ4v) is 1.74. The van der Waals surface area contributed by atoms with Crippen LogP contribution in [-0.4, -0.2) is 18.5 Å². The number of hydrogen-bond acceptors (Lipinski definition) is 2. The van der Waals surface area contributed by atoms with E-state index < -0.39 is 0 Å². The zero-order valence-corrected chi connectivity index (χ0v) is 9.17. The number of rotatable bonds is 4. The predicted molar refractivity (Wildman–Crippen MR) is 59.4 cm³/mol. The first kappa shape index (κ1) is 10.7. The predicted octanol–water partition coefficient (Wildman–Crippen LogP) is 3.09. The van der Waals surface area contributed by atoms with Crippen molar-refractivity contribution in [2.45, 2.75) is 25.4 Å². The average molecular weight is 225 g/mol. The maximum Gasteiger partial charge on any atom is 0.189 e. The van der Waals surface area contributed by atoms with Crippen LogP contribution in [0, 0.1) is 0 Å². The second-order valence-electron chi connectivity index (χ2n) is 3.77. The SMILES string of the molecule is O=C(COC1CCC1)c1ccccc1Cl. The molecule has 0 amide bonds. The molecule has 0 heterocycles. The lowest BCUT2D eigenvalue weighted by Gasteiger charge is -2.25. The van der Waals surface area contributed by atoms with Gasteiger partial charge in [-0.2, -0.15) is 0 Å². The largest absolute Gasteiger partial charge is 0.370 e. The van der Waals surface area contributed by atoms with Gasteiger partial charge in [0.1, 0.15) is 6.61 Å². The van der Waals surface area contributed by atoms with Crippen LogP contribution in [0.2, 0.25) is 5.02 Å². The highest BCUT2D eigenvalue weighted by atomic mass is 35.5. The molecule has 0 atom stereocenters. The highest BCUT2D eigenvalue weighted by Crippen LogP contribution is 2.22. The van der Waals surface area contributed by atoms with E-state index in [2.05, 4.69) is 0 Å². The molecule has 1 aliphatic carbocycles. The summed E-state index contributed by atoms with van der Waals surface area (Å²) in [5, 5.41) is 0.500. The van der Waals surface area contributed by atoms with Gasteiger partial charge in [-0.3, -0.25) is 4.79 Å². The molecule has 1 fully saturated rings. The normalized spacial score (nSPS) is 16.1. The Balaban J connectivity index is 1.92. The molecule has 0 spiro atoms. The Morgan fingerprint density at radius 2 is 2.13 bits per heavy atom. The summed E-state index contributed by atoms with van der Waals surface area (Å²) in [6, 6.07) is 7.07. The first-order chi connectivity index (χ1) is 7.27. The summed E-state index contributed by atoms with van der Waals surface area (Å²) in [5.41, 5.74) is 0.554. The van der Waals surface area contributed by atoms with Gasteiger partial charge < -0.3 is 4.74 Å². The molecule has 1 aliphatic rings. The molecule has 0 aromatic heterocycles. The fraction of sp³-hybridized carbons (Fsp3) is 0.417. The van der Waals surface area contributed by atoms with E-state index in [0.717, 1.165) is 12.8 Å². The third-order valence-corrected chi connectivity index (χ3v) is 3.01. The van der Waals surface area contributed by atoms with Crippen molar-refractivity contribution in [1.29, 1.82) is 0 Å². The number of halogens is 1. The number of Topliss-reactive ketones (excluding diaryl/α,β-unsaturated/α-hetero) is 1. The number of hydrogen-bond donors (Lipinski definition) is 0. The van der Waals surface area contributed by atoms with Gasteiger partial charge in [-0.25, -0.2) is 0 Å². The summed E-state index contributed by atoms with van der Waals surface area (Å²) < 4.78 is 5.44. The van der Waals surface area contributed by atoms with Crippen LogP contribution in [0.3, 0.4) is 0 Å². The molecule has 1 aromatic rings. The van der Waals surface area contributed by atoms with Crippen molar-refractivity contribution in [2.75, 3.05) is 6.61 Å². The van der Waals surface area contributed by atoms with Gasteiger partial charge in [-0.15, -0.1) is 0 Å². The van der Waals surface area contributed by atoms with Gasteiger partial charge in [0.25, 0.3) is 0 Å². The summed E-state index contributed by atoms with van der Waals surface area (Å²) in [6.07, 6.45) is 3.66. The Morgan fingerprint density at radius 1 is 1.40 bits per heavy atom. The van der Waals surface area contributed by atoms with Crippen molar-refractivity contribution < 1.29 is 9.53 Å². The van der Waals surface area contributed by atoms with Crippen molar-refractivity contribution in [2.24, 2.45) is 0 Å². The second-order valence-corrected chi connectivity index (χ2v) is 4.17. The molecule has 2 nitrogen and oxygen atoms in total. The van der Waals surface area contributed by atoms with Crippen LogP contribution in [0.15, 0.2) is 24.3 Å². The van der Waals surface area contributed by atoms with Crippen LogP contribution in [0.1, 0.15) is 29.6 Å². The summed E-state index contributed by atoms with van der Waals surface area (Å²) in [5.74, 6) is -0.0347. The van der Waals surface area contributed by atoms with E-state index in [1.807, 2.05) is 12.1 Å². The lowest BCUT2D eigenvalue weighted by Crippen LogP contribution is -2.24. The van der Waals surface area contributed by atoms with E-state index in [1.165, 1.54) is 6.42 Å². The van der Waals surface area contributed by atoms with Gasteiger partial charge in [0, 0.05) is 5.56 Å². The number of benzene rings is 1. The van der Waals surface area contributed by atoms with Crippen LogP contribution >= 0.6 is 11.6 Å². The molecule has 0 bridgehead atoms. The molecule has 0 N–H and O–H groups in total. The van der Waals surface area contributed by atoms with Crippen molar-refractivity contribution >= 4 is 17.4 Å². The minimum absolute atomic E-state index is 0.0347. The molecule has 3 heteroatoms. The van der Waals surface area contributed by atoms with E-state index in [1.54, 1.807) is 12.1 Å². The van der Waals surface area contributed by atoms with E-state index in [4.69, 9.17) is 16.3 Å². The summed E-state index contributed by atoms with van der Waals surface area (Å²) >= 11 is 5.91. The minimum atomic E-state index is -0.0347. The van der Waals surface area contributed by atoms with Crippen LogP contribution < -0.4 is 0 Å². The zero-order chi connectivity index (χ0) is 10.7. The average Bonchev–Trinajstić information content (AvgIpc) is 2.16. The fourth-order valence-electron chi connectivity index (χ4n) is 1.50. The van der Waals surface area contributed by atoms with Crippen molar-refractivity contribution in [1.82, 2.24) is 0 Å². The monoisotopic (exact) mass is 224 g/mol. The maximum absolute atomic E-state index is 11.7. The molecule has 0 unspecified atom stereocenters. The quantitative estimate of drug-likeness (QED) is 0.735. The standard InChI is InChI=1S/C12H13ClO2/c13-11-7-2-1-6-10(11)12(14)8-15-9-4-3-5-9/h1-2,6-7,9H,3-5,8H2. The van der Waals surface area contributed by atoms with E-state index >= 15 is 0 Å². The lowest BCUT2D eigenvalue weighted by molar-refractivity contribution is 0.00731. The number of carbonyl (C=O) groups excluding carboxylic acids is 1. The van der Waals surface area contributed by atoms with Crippen LogP contribution in [0.4, 0.5) is 0 Å². The molecular formula is C12H13ClO2. The molecule has 0 aliphatic heterocycles. The van der Waals surface area contributed by atoms with Crippen LogP contribution in [-0.2, 0) is 4.74 Å². The Kier molecular flexibility index (Phi) is 3.39. The number of carbonyl (C=O) groups is 1. The molecule has 0 saturated heterocycles. The molecule has 1 saturated carbocycles. The second kappa shape index (κ2) is 4.77. The summed E-state index contributed by atoms with van der Waals surface area (Å²) in [4.78, 5) is 11.7. The minimum Gasteiger partial charge on any atom is -0.370 e. The number of ketones is 1. The van der Waals surface area contributed by atoms with Gasteiger partial charge in [0.15, 0.2) is 5.78 Å². The van der Waals surface area contributed by atoms with Gasteiger partial charge in [0.05, 0.1) is 11.1 Å². The molecule has 2 rings (SSSR count). The van der Waals surface area contributed by atoms with Crippen molar-refractivity contribution in [3.05, 3.63) is 34.9 Å². The molecule has 80 valence electrons. The Morgan fingerprint density at radius 3 is 2.73 bits per heavy atom. The van der Waals surface area contributed by atoms with Crippen molar-refractivity contribution in [3.8, 4) is 0 Å². The third-order valence-electron chi connectivity index (χ3n) is 2.68. The number of ether oxygens (including phenoxy) is 1. The highest BCUT2D eigenvalue weighted by molar-refractivity contribution is 6.34. The molecule has 1 aromatic carbocycles.